The second-order valence-electron chi connectivity index (χ2n) is 8.50. The minimum Gasteiger partial charge on any atom is -0.358 e. The number of hydrogen-bond donors (Lipinski definition) is 0. The fourth-order valence-electron chi connectivity index (χ4n) is 4.77. The first-order chi connectivity index (χ1) is 15.6. The second kappa shape index (κ2) is 10.5. The van der Waals surface area contributed by atoms with Crippen molar-refractivity contribution in [3.63, 3.8) is 0 Å². The summed E-state index contributed by atoms with van der Waals surface area (Å²) in [5.41, 5.74) is 11.4. The van der Waals surface area contributed by atoms with Gasteiger partial charge in [0.25, 0.3) is 0 Å². The van der Waals surface area contributed by atoms with Crippen LogP contribution in [0.4, 0.5) is 11.4 Å². The molecule has 0 spiro atoms. The first kappa shape index (κ1) is 25.6. The zero-order valence-electron chi connectivity index (χ0n) is 20.6. The minimum absolute atomic E-state index is 0. The predicted molar refractivity (Wildman–Crippen MR) is 144 cm³/mol. The van der Waals surface area contributed by atoms with E-state index < -0.39 is 0 Å². The standard InChI is InChI=1S/C30H28N2.CH3.Ni/c1-5-21-13-7-11-19(3)27(21)31-29-24-17-9-15-23-16-10-18-25(26(23)24)30(29)32-28-20(4)12-8-14-22(28)6-2;;/h7-18H,5-6H2,1-4H3;1H3;/q;-1;+2. The Kier molecular flexibility index (Phi) is 7.90. The Morgan fingerprint density at radius 1 is 0.588 bits per heavy atom. The maximum Gasteiger partial charge on any atom is 2.00 e. The molecule has 0 N–H and O–H groups in total. The van der Waals surface area contributed by atoms with Gasteiger partial charge in [0, 0.05) is 16.5 Å². The van der Waals surface area contributed by atoms with Crippen LogP contribution in [-0.2, 0) is 29.3 Å². The van der Waals surface area contributed by atoms with Crippen molar-refractivity contribution < 1.29 is 16.5 Å². The third-order valence-corrected chi connectivity index (χ3v) is 6.49. The van der Waals surface area contributed by atoms with Crippen LogP contribution in [0.1, 0.15) is 47.2 Å². The van der Waals surface area contributed by atoms with Gasteiger partial charge in [-0.25, -0.2) is 9.98 Å². The van der Waals surface area contributed by atoms with Gasteiger partial charge in [-0.05, 0) is 54.3 Å². The molecule has 0 aromatic heterocycles. The fourth-order valence-corrected chi connectivity index (χ4v) is 4.77. The summed E-state index contributed by atoms with van der Waals surface area (Å²) >= 11 is 0. The number of para-hydroxylation sites is 2. The summed E-state index contributed by atoms with van der Waals surface area (Å²) in [6.45, 7) is 8.68. The van der Waals surface area contributed by atoms with Crippen molar-refractivity contribution >= 4 is 33.6 Å². The molecule has 174 valence electrons. The molecule has 1 aliphatic rings. The number of hydrogen-bond acceptors (Lipinski definition) is 2. The van der Waals surface area contributed by atoms with Crippen LogP contribution in [0.5, 0.6) is 0 Å². The maximum atomic E-state index is 5.32. The summed E-state index contributed by atoms with van der Waals surface area (Å²) in [4.78, 5) is 10.6. The molecular weight excluding hydrogens is 459 g/mol. The predicted octanol–water partition coefficient (Wildman–Crippen LogP) is 8.28. The van der Waals surface area contributed by atoms with Crippen molar-refractivity contribution in [2.45, 2.75) is 40.5 Å². The summed E-state index contributed by atoms with van der Waals surface area (Å²) in [6.07, 6.45) is 1.91. The molecule has 0 saturated heterocycles. The van der Waals surface area contributed by atoms with Gasteiger partial charge in [-0.2, -0.15) is 0 Å². The molecule has 4 aromatic rings. The number of aryl methyl sites for hydroxylation is 4. The molecule has 4 aromatic carbocycles. The Labute approximate surface area is 213 Å². The number of rotatable bonds is 4. The SMILES string of the molecule is CCc1cccc(C)c1N=C1C(=Nc2c(C)cccc2CC)c2cccc3cccc1c23.[CH3-].[Ni+2]. The molecule has 0 atom stereocenters. The van der Waals surface area contributed by atoms with Gasteiger partial charge in [-0.3, -0.25) is 0 Å². The maximum absolute atomic E-state index is 5.32. The van der Waals surface area contributed by atoms with E-state index in [0.717, 1.165) is 35.6 Å². The van der Waals surface area contributed by atoms with Crippen LogP contribution in [0.2, 0.25) is 0 Å². The van der Waals surface area contributed by atoms with E-state index in [4.69, 9.17) is 9.98 Å². The van der Waals surface area contributed by atoms with Crippen molar-refractivity contribution in [2.75, 3.05) is 0 Å². The molecule has 0 unspecified atom stereocenters. The molecule has 0 saturated carbocycles. The monoisotopic (exact) mass is 489 g/mol. The number of aliphatic imine (C=N–C) groups is 2. The van der Waals surface area contributed by atoms with Crippen molar-refractivity contribution in [2.24, 2.45) is 9.98 Å². The number of nitrogens with zero attached hydrogens (tertiary/aromatic N) is 2. The van der Waals surface area contributed by atoms with E-state index in [2.05, 4.69) is 100 Å². The molecule has 0 amide bonds. The average molecular weight is 490 g/mol. The van der Waals surface area contributed by atoms with Crippen LogP contribution in [0, 0.1) is 21.3 Å². The molecule has 0 heterocycles. The van der Waals surface area contributed by atoms with Crippen molar-refractivity contribution in [1.29, 1.82) is 0 Å². The van der Waals surface area contributed by atoms with Crippen LogP contribution in [0.15, 0.2) is 82.8 Å². The van der Waals surface area contributed by atoms with Crippen molar-refractivity contribution in [1.82, 2.24) is 0 Å². The van der Waals surface area contributed by atoms with Crippen LogP contribution >= 0.6 is 0 Å². The first-order valence-corrected chi connectivity index (χ1v) is 11.5. The summed E-state index contributed by atoms with van der Waals surface area (Å²) in [5, 5.41) is 2.49. The summed E-state index contributed by atoms with van der Waals surface area (Å²) in [6, 6.07) is 25.9. The van der Waals surface area contributed by atoms with E-state index in [0.29, 0.717) is 0 Å². The molecule has 0 bridgehead atoms. The Balaban J connectivity index is 0.00000162. The summed E-state index contributed by atoms with van der Waals surface area (Å²) < 4.78 is 0. The van der Waals surface area contributed by atoms with Gasteiger partial charge in [0.15, 0.2) is 0 Å². The van der Waals surface area contributed by atoms with Crippen molar-refractivity contribution in [3.8, 4) is 0 Å². The third kappa shape index (κ3) is 4.26. The second-order valence-corrected chi connectivity index (χ2v) is 8.50. The zero-order valence-corrected chi connectivity index (χ0v) is 21.5. The van der Waals surface area contributed by atoms with E-state index in [-0.39, 0.29) is 23.9 Å². The number of benzene rings is 4. The molecule has 2 nitrogen and oxygen atoms in total. The van der Waals surface area contributed by atoms with E-state index in [1.54, 1.807) is 0 Å². The Bertz CT molecular complexity index is 1310. The van der Waals surface area contributed by atoms with E-state index in [9.17, 15) is 0 Å². The van der Waals surface area contributed by atoms with Gasteiger partial charge >= 0.3 is 16.5 Å². The molecular formula is C31H31N2Ni+. The largest absolute Gasteiger partial charge is 2.00 e. The van der Waals surface area contributed by atoms with Crippen LogP contribution in [-0.4, -0.2) is 11.4 Å². The van der Waals surface area contributed by atoms with Crippen molar-refractivity contribution in [3.05, 3.63) is 114 Å². The van der Waals surface area contributed by atoms with Gasteiger partial charge in [0.1, 0.15) is 0 Å². The van der Waals surface area contributed by atoms with Gasteiger partial charge in [-0.15, -0.1) is 0 Å². The smallest absolute Gasteiger partial charge is 0.358 e. The molecule has 0 radical (unpaired) electrons. The summed E-state index contributed by atoms with van der Waals surface area (Å²) in [5.74, 6) is 0. The Hall–Kier alpha value is -3.03. The molecule has 34 heavy (non-hydrogen) atoms. The van der Waals surface area contributed by atoms with E-state index in [1.165, 1.54) is 44.2 Å². The fraction of sp³-hybridized carbons (Fsp3) is 0.194. The molecule has 3 heteroatoms. The zero-order chi connectivity index (χ0) is 22.2. The molecule has 5 rings (SSSR count). The van der Waals surface area contributed by atoms with Crippen LogP contribution in [0.3, 0.4) is 0 Å². The summed E-state index contributed by atoms with van der Waals surface area (Å²) in [7, 11) is 0. The quantitative estimate of drug-likeness (QED) is 0.203. The molecule has 0 aliphatic heterocycles. The van der Waals surface area contributed by atoms with Crippen LogP contribution < -0.4 is 0 Å². The molecule has 1 aliphatic carbocycles. The van der Waals surface area contributed by atoms with Gasteiger partial charge in [-0.1, -0.05) is 86.6 Å². The Morgan fingerprint density at radius 3 is 1.41 bits per heavy atom. The van der Waals surface area contributed by atoms with Gasteiger partial charge in [0.05, 0.1) is 22.8 Å². The Morgan fingerprint density at radius 2 is 1.00 bits per heavy atom. The molecule has 0 fully saturated rings. The third-order valence-electron chi connectivity index (χ3n) is 6.49. The first-order valence-electron chi connectivity index (χ1n) is 11.5. The van der Waals surface area contributed by atoms with Gasteiger partial charge < -0.3 is 7.43 Å². The normalized spacial score (nSPS) is 14.4. The van der Waals surface area contributed by atoms with Gasteiger partial charge in [0.2, 0.25) is 0 Å². The average Bonchev–Trinajstić information content (AvgIpc) is 3.11. The topological polar surface area (TPSA) is 24.7 Å². The van der Waals surface area contributed by atoms with E-state index in [1.807, 2.05) is 0 Å². The minimum atomic E-state index is 0. The van der Waals surface area contributed by atoms with E-state index >= 15 is 0 Å². The van der Waals surface area contributed by atoms with Crippen LogP contribution in [0.25, 0.3) is 10.8 Å².